The van der Waals surface area contributed by atoms with E-state index in [1.807, 2.05) is 36.4 Å². The standard InChI is InChI=1S/C34H34N4O5/c1-18(2)20-13-15-21(16-14-20)30-29-24(22-9-5-7-11-25(22)35-29)17-27-32(40)38(34(43)37(27)30)26-12-8-6-10-23(26)31(39)36-28(19(3)4)33(41)42/h5-16,18-19,27-28,30,35H,17H2,1-4H3,(H,36,39)(H,41,42)/t27-,28-,30-/m0/s1. The van der Waals surface area contributed by atoms with Gasteiger partial charge in [0, 0.05) is 23.0 Å². The van der Waals surface area contributed by atoms with Crippen LogP contribution in [0.3, 0.4) is 0 Å². The summed E-state index contributed by atoms with van der Waals surface area (Å²) in [5.41, 5.74) is 5.01. The summed E-state index contributed by atoms with van der Waals surface area (Å²) in [6.45, 7) is 7.64. The van der Waals surface area contributed by atoms with Crippen LogP contribution in [0.2, 0.25) is 0 Å². The number of urea groups is 1. The zero-order valence-electron chi connectivity index (χ0n) is 24.5. The first-order valence-corrected chi connectivity index (χ1v) is 14.6. The summed E-state index contributed by atoms with van der Waals surface area (Å²) in [6, 6.07) is 19.4. The van der Waals surface area contributed by atoms with Crippen LogP contribution < -0.4 is 10.2 Å². The molecule has 0 spiro atoms. The Hall–Kier alpha value is -4.92. The number of hydrogen-bond acceptors (Lipinski definition) is 4. The smallest absolute Gasteiger partial charge is 0.332 e. The average Bonchev–Trinajstić information content (AvgIpc) is 3.48. The number of aromatic amines is 1. The minimum absolute atomic E-state index is 0.0535. The molecule has 2 aliphatic heterocycles. The number of anilines is 1. The van der Waals surface area contributed by atoms with E-state index in [1.165, 1.54) is 11.6 Å². The fourth-order valence-electron chi connectivity index (χ4n) is 6.30. The van der Waals surface area contributed by atoms with Crippen molar-refractivity contribution in [2.45, 2.75) is 58.2 Å². The Morgan fingerprint density at radius 1 is 0.930 bits per heavy atom. The van der Waals surface area contributed by atoms with Crippen LogP contribution >= 0.6 is 0 Å². The number of imide groups is 1. The number of benzene rings is 3. The number of carbonyl (C=O) groups is 4. The summed E-state index contributed by atoms with van der Waals surface area (Å²) in [5, 5.41) is 13.2. The van der Waals surface area contributed by atoms with E-state index in [2.05, 4.69) is 36.3 Å². The highest BCUT2D eigenvalue weighted by molar-refractivity contribution is 6.24. The molecule has 9 heteroatoms. The average molecular weight is 579 g/mol. The Balaban J connectivity index is 1.44. The number of aromatic nitrogens is 1. The van der Waals surface area contributed by atoms with Crippen molar-refractivity contribution in [2.75, 3.05) is 4.90 Å². The Morgan fingerprint density at radius 3 is 2.28 bits per heavy atom. The molecule has 0 aliphatic carbocycles. The quantitative estimate of drug-likeness (QED) is 0.246. The summed E-state index contributed by atoms with van der Waals surface area (Å²) >= 11 is 0. The monoisotopic (exact) mass is 578 g/mol. The highest BCUT2D eigenvalue weighted by atomic mass is 16.4. The molecule has 0 unspecified atom stereocenters. The molecule has 2 aliphatic rings. The molecule has 0 radical (unpaired) electrons. The van der Waals surface area contributed by atoms with Gasteiger partial charge in [0.05, 0.1) is 11.3 Å². The molecule has 1 saturated heterocycles. The van der Waals surface area contributed by atoms with Gasteiger partial charge in [-0.2, -0.15) is 0 Å². The lowest BCUT2D eigenvalue weighted by Gasteiger charge is -2.36. The van der Waals surface area contributed by atoms with Gasteiger partial charge < -0.3 is 15.4 Å². The van der Waals surface area contributed by atoms with Gasteiger partial charge in [-0.05, 0) is 46.7 Å². The number of hydrogen-bond donors (Lipinski definition) is 3. The zero-order valence-corrected chi connectivity index (χ0v) is 24.5. The van der Waals surface area contributed by atoms with Crippen molar-refractivity contribution in [3.05, 3.63) is 101 Å². The summed E-state index contributed by atoms with van der Waals surface area (Å²) in [7, 11) is 0. The first kappa shape index (κ1) is 28.2. The minimum atomic E-state index is -1.16. The SMILES string of the molecule is CC(C)c1ccc([C@H]2c3[nH]c4ccccc4c3C[C@H]3C(=O)N(c4ccccc4C(=O)N[C@H](C(=O)O)C(C)C)C(=O)N23)cc1. The predicted octanol–water partition coefficient (Wildman–Crippen LogP) is 5.61. The number of para-hydroxylation sites is 2. The number of aliphatic carboxylic acids is 1. The van der Waals surface area contributed by atoms with Gasteiger partial charge in [-0.1, -0.05) is 82.3 Å². The van der Waals surface area contributed by atoms with Crippen LogP contribution in [-0.2, 0) is 16.0 Å². The van der Waals surface area contributed by atoms with Gasteiger partial charge in [0.25, 0.3) is 11.8 Å². The van der Waals surface area contributed by atoms with Crippen molar-refractivity contribution in [1.82, 2.24) is 15.2 Å². The molecular formula is C34H34N4O5. The summed E-state index contributed by atoms with van der Waals surface area (Å²) < 4.78 is 0. The molecule has 4 amide bonds. The van der Waals surface area contributed by atoms with Crippen LogP contribution in [0.15, 0.2) is 72.8 Å². The third-order valence-electron chi connectivity index (χ3n) is 8.58. The molecule has 43 heavy (non-hydrogen) atoms. The molecule has 1 fully saturated rings. The van der Waals surface area contributed by atoms with Crippen molar-refractivity contribution in [1.29, 1.82) is 0 Å². The summed E-state index contributed by atoms with van der Waals surface area (Å²) in [6.07, 6.45) is 0.323. The molecule has 6 rings (SSSR count). The Labute approximate surface area is 249 Å². The van der Waals surface area contributed by atoms with Crippen LogP contribution in [0.25, 0.3) is 10.9 Å². The molecule has 0 saturated carbocycles. The lowest BCUT2D eigenvalue weighted by molar-refractivity contribution is -0.140. The largest absolute Gasteiger partial charge is 0.480 e. The van der Waals surface area contributed by atoms with Gasteiger partial charge in [-0.25, -0.2) is 14.5 Å². The molecule has 3 aromatic carbocycles. The highest BCUT2D eigenvalue weighted by Gasteiger charge is 2.53. The van der Waals surface area contributed by atoms with E-state index >= 15 is 0 Å². The van der Waals surface area contributed by atoms with Gasteiger partial charge >= 0.3 is 12.0 Å². The second kappa shape index (κ2) is 10.7. The zero-order chi connectivity index (χ0) is 30.6. The van der Waals surface area contributed by atoms with Gasteiger partial charge in [-0.15, -0.1) is 0 Å². The second-order valence-corrected chi connectivity index (χ2v) is 11.9. The Bertz CT molecular complexity index is 1760. The maximum Gasteiger partial charge on any atom is 0.332 e. The number of carbonyl (C=O) groups excluding carboxylic acids is 3. The molecule has 9 nitrogen and oxygen atoms in total. The lowest BCUT2D eigenvalue weighted by atomic mass is 9.88. The molecular weight excluding hydrogens is 544 g/mol. The minimum Gasteiger partial charge on any atom is -0.480 e. The first-order valence-electron chi connectivity index (χ1n) is 14.6. The van der Waals surface area contributed by atoms with Crippen LogP contribution in [0, 0.1) is 5.92 Å². The topological polar surface area (TPSA) is 123 Å². The van der Waals surface area contributed by atoms with Gasteiger partial charge in [-0.3, -0.25) is 14.5 Å². The van der Waals surface area contributed by atoms with Crippen LogP contribution in [0.5, 0.6) is 0 Å². The van der Waals surface area contributed by atoms with Gasteiger partial charge in [0.1, 0.15) is 18.1 Å². The van der Waals surface area contributed by atoms with E-state index in [0.717, 1.165) is 32.6 Å². The van der Waals surface area contributed by atoms with E-state index in [0.29, 0.717) is 12.3 Å². The Kier molecular flexibility index (Phi) is 7.04. The molecule has 1 aromatic heterocycles. The fourth-order valence-corrected chi connectivity index (χ4v) is 6.30. The molecule has 220 valence electrons. The van der Waals surface area contributed by atoms with Crippen molar-refractivity contribution in [3.63, 3.8) is 0 Å². The van der Waals surface area contributed by atoms with Crippen LogP contribution in [0.1, 0.15) is 72.4 Å². The van der Waals surface area contributed by atoms with Gasteiger partial charge in [0.15, 0.2) is 0 Å². The van der Waals surface area contributed by atoms with E-state index in [4.69, 9.17) is 0 Å². The third kappa shape index (κ3) is 4.65. The predicted molar refractivity (Wildman–Crippen MR) is 163 cm³/mol. The number of fused-ring (bicyclic) bond motifs is 4. The normalized spacial score (nSPS) is 18.7. The van der Waals surface area contributed by atoms with Gasteiger partial charge in [0.2, 0.25) is 0 Å². The van der Waals surface area contributed by atoms with Crippen molar-refractivity contribution in [2.24, 2.45) is 5.92 Å². The van der Waals surface area contributed by atoms with Crippen molar-refractivity contribution >= 4 is 40.4 Å². The fraction of sp³-hybridized carbons (Fsp3) is 0.294. The molecule has 0 bridgehead atoms. The molecule has 3 atom stereocenters. The number of nitrogens with one attached hydrogen (secondary N) is 2. The number of H-pyrrole nitrogens is 1. The molecule has 3 N–H and O–H groups in total. The number of rotatable bonds is 7. The molecule has 4 aromatic rings. The Morgan fingerprint density at radius 2 is 1.60 bits per heavy atom. The van der Waals surface area contributed by atoms with Crippen LogP contribution in [0.4, 0.5) is 10.5 Å². The summed E-state index contributed by atoms with van der Waals surface area (Å²) in [5.74, 6) is -2.29. The van der Waals surface area contributed by atoms with E-state index in [9.17, 15) is 24.3 Å². The number of amides is 4. The lowest BCUT2D eigenvalue weighted by Crippen LogP contribution is -2.45. The van der Waals surface area contributed by atoms with Crippen LogP contribution in [-0.4, -0.2) is 50.9 Å². The second-order valence-electron chi connectivity index (χ2n) is 11.9. The maximum atomic E-state index is 14.3. The third-order valence-corrected chi connectivity index (χ3v) is 8.58. The van der Waals surface area contributed by atoms with E-state index in [-0.39, 0.29) is 17.2 Å². The van der Waals surface area contributed by atoms with Crippen molar-refractivity contribution < 1.29 is 24.3 Å². The summed E-state index contributed by atoms with van der Waals surface area (Å²) in [4.78, 5) is 59.9. The number of carboxylic acid groups (broad SMARTS) is 1. The van der Waals surface area contributed by atoms with E-state index in [1.54, 1.807) is 36.9 Å². The highest BCUT2D eigenvalue weighted by Crippen LogP contribution is 2.45. The molecule has 3 heterocycles. The van der Waals surface area contributed by atoms with Crippen molar-refractivity contribution in [3.8, 4) is 0 Å². The first-order chi connectivity index (χ1) is 20.6. The van der Waals surface area contributed by atoms with E-state index < -0.39 is 41.9 Å². The maximum absolute atomic E-state index is 14.3. The number of carboxylic acids is 1. The number of nitrogens with zero attached hydrogens (tertiary/aromatic N) is 2.